The molecule has 0 N–H and O–H groups in total. The third-order valence-electron chi connectivity index (χ3n) is 6.45. The van der Waals surface area contributed by atoms with Gasteiger partial charge >= 0.3 is 0 Å². The molecule has 6 nitrogen and oxygen atoms in total. The third-order valence-corrected chi connectivity index (χ3v) is 7.40. The minimum atomic E-state index is 0.558. The number of rotatable bonds is 6. The second-order valence-corrected chi connectivity index (χ2v) is 9.87. The summed E-state index contributed by atoms with van der Waals surface area (Å²) < 4.78 is 4.65. The smallest absolute Gasteiger partial charge is 0.228 e. The maximum absolute atomic E-state index is 4.98. The van der Waals surface area contributed by atoms with Gasteiger partial charge in [-0.15, -0.1) is 10.2 Å². The van der Waals surface area contributed by atoms with Crippen molar-refractivity contribution in [3.63, 3.8) is 0 Å². The van der Waals surface area contributed by atoms with Gasteiger partial charge in [-0.1, -0.05) is 48.2 Å². The van der Waals surface area contributed by atoms with Gasteiger partial charge in [-0.05, 0) is 50.7 Å². The molecule has 1 aliphatic carbocycles. The number of benzene rings is 1. The molecule has 0 bridgehead atoms. The van der Waals surface area contributed by atoms with Crippen LogP contribution in [0.15, 0.2) is 53.8 Å². The maximum Gasteiger partial charge on any atom is 0.228 e. The number of hydrogen-bond donors (Lipinski definition) is 0. The number of anilines is 1. The topological polar surface area (TPSA) is 51.2 Å². The maximum atomic E-state index is 4.98. The normalized spacial score (nSPS) is 16.7. The van der Waals surface area contributed by atoms with Crippen molar-refractivity contribution in [3.8, 4) is 11.3 Å². The average molecular weight is 445 g/mol. The number of fused-ring (bicyclic) bond motifs is 1. The molecule has 1 saturated carbocycles. The fourth-order valence-corrected chi connectivity index (χ4v) is 5.64. The number of nitrogens with zero attached hydrogens (tertiary/aromatic N) is 6. The van der Waals surface area contributed by atoms with E-state index >= 15 is 0 Å². The molecule has 2 aliphatic rings. The van der Waals surface area contributed by atoms with Crippen LogP contribution in [0.1, 0.15) is 49.4 Å². The van der Waals surface area contributed by atoms with E-state index in [4.69, 9.17) is 4.98 Å². The number of hydrogen-bond acceptors (Lipinski definition) is 5. The molecule has 1 aromatic carbocycles. The van der Waals surface area contributed by atoms with Crippen molar-refractivity contribution in [2.45, 2.75) is 56.0 Å². The highest BCUT2D eigenvalue weighted by atomic mass is 32.2. The Morgan fingerprint density at radius 2 is 1.78 bits per heavy atom. The first kappa shape index (κ1) is 19.9. The molecule has 4 aromatic rings. The highest BCUT2D eigenvalue weighted by Gasteiger charge is 2.32. The van der Waals surface area contributed by atoms with Gasteiger partial charge in [0.1, 0.15) is 5.65 Å². The Morgan fingerprint density at radius 1 is 0.969 bits per heavy atom. The van der Waals surface area contributed by atoms with Gasteiger partial charge in [0.25, 0.3) is 0 Å². The molecule has 32 heavy (non-hydrogen) atoms. The fourth-order valence-electron chi connectivity index (χ4n) is 4.63. The minimum absolute atomic E-state index is 0.558. The number of pyridine rings is 1. The third kappa shape index (κ3) is 3.68. The number of imidazole rings is 1. The molecule has 0 radical (unpaired) electrons. The van der Waals surface area contributed by atoms with Gasteiger partial charge in [0.05, 0.1) is 11.4 Å². The summed E-state index contributed by atoms with van der Waals surface area (Å²) in [6.07, 6.45) is 8.48. The van der Waals surface area contributed by atoms with Gasteiger partial charge in [0, 0.05) is 36.6 Å². The van der Waals surface area contributed by atoms with Crippen molar-refractivity contribution < 1.29 is 0 Å². The van der Waals surface area contributed by atoms with E-state index in [0.29, 0.717) is 6.04 Å². The Bertz CT molecular complexity index is 1230. The SMILES string of the molecule is Cc1ccc2nc(-c3ccccc3)c(CSc3nnc(N4CCCCC4)n3C3CC3)n2c1. The molecule has 4 heterocycles. The molecule has 0 atom stereocenters. The van der Waals surface area contributed by atoms with Gasteiger partial charge in [-0.3, -0.25) is 4.57 Å². The van der Waals surface area contributed by atoms with Crippen LogP contribution in [0.5, 0.6) is 0 Å². The zero-order chi connectivity index (χ0) is 21.5. The highest BCUT2D eigenvalue weighted by molar-refractivity contribution is 7.98. The average Bonchev–Trinajstić information content (AvgIpc) is 3.49. The van der Waals surface area contributed by atoms with Crippen molar-refractivity contribution in [1.82, 2.24) is 24.1 Å². The van der Waals surface area contributed by atoms with Crippen LogP contribution in [0.2, 0.25) is 0 Å². The molecule has 1 aliphatic heterocycles. The van der Waals surface area contributed by atoms with Crippen molar-refractivity contribution in [3.05, 3.63) is 59.9 Å². The standard InChI is InChI=1S/C25H28N6S/c1-18-10-13-22-26-23(19-8-4-2-5-9-19)21(30(22)16-18)17-32-25-28-27-24(31(25)20-11-12-20)29-14-6-3-7-15-29/h2,4-5,8-10,13,16,20H,3,6-7,11-12,14-15,17H2,1H3. The summed E-state index contributed by atoms with van der Waals surface area (Å²) in [6, 6.07) is 15.3. The lowest BCUT2D eigenvalue weighted by Gasteiger charge is -2.27. The molecule has 0 amide bonds. The monoisotopic (exact) mass is 444 g/mol. The molecule has 3 aromatic heterocycles. The molecular weight excluding hydrogens is 416 g/mol. The van der Waals surface area contributed by atoms with E-state index in [1.807, 2.05) is 0 Å². The molecule has 7 heteroatoms. The minimum Gasteiger partial charge on any atom is -0.341 e. The van der Waals surface area contributed by atoms with Gasteiger partial charge in [0.15, 0.2) is 5.16 Å². The zero-order valence-electron chi connectivity index (χ0n) is 18.4. The Labute approximate surface area is 192 Å². The van der Waals surface area contributed by atoms with Crippen LogP contribution >= 0.6 is 11.8 Å². The number of aromatic nitrogens is 5. The lowest BCUT2D eigenvalue weighted by Crippen LogP contribution is -2.31. The van der Waals surface area contributed by atoms with E-state index in [-0.39, 0.29) is 0 Å². The van der Waals surface area contributed by atoms with Crippen LogP contribution in [0.4, 0.5) is 5.95 Å². The summed E-state index contributed by atoms with van der Waals surface area (Å²) in [7, 11) is 0. The summed E-state index contributed by atoms with van der Waals surface area (Å²) >= 11 is 1.79. The van der Waals surface area contributed by atoms with E-state index in [1.54, 1.807) is 11.8 Å². The lowest BCUT2D eigenvalue weighted by atomic mass is 10.1. The van der Waals surface area contributed by atoms with E-state index in [9.17, 15) is 0 Å². The Hall–Kier alpha value is -2.80. The van der Waals surface area contributed by atoms with Gasteiger partial charge < -0.3 is 9.30 Å². The largest absolute Gasteiger partial charge is 0.341 e. The number of thioether (sulfide) groups is 1. The van der Waals surface area contributed by atoms with Crippen molar-refractivity contribution in [1.29, 1.82) is 0 Å². The lowest BCUT2D eigenvalue weighted by molar-refractivity contribution is 0.548. The zero-order valence-corrected chi connectivity index (χ0v) is 19.3. The summed E-state index contributed by atoms with van der Waals surface area (Å²) in [5, 5.41) is 10.3. The number of piperidine rings is 1. The predicted molar refractivity (Wildman–Crippen MR) is 129 cm³/mol. The van der Waals surface area contributed by atoms with Crippen LogP contribution in [-0.2, 0) is 5.75 Å². The van der Waals surface area contributed by atoms with Gasteiger partial charge in [0.2, 0.25) is 5.95 Å². The van der Waals surface area contributed by atoms with Crippen LogP contribution < -0.4 is 4.90 Å². The van der Waals surface area contributed by atoms with Crippen LogP contribution in [0, 0.1) is 6.92 Å². The Kier molecular flexibility index (Phi) is 5.14. The van der Waals surface area contributed by atoms with E-state index in [2.05, 4.69) is 79.7 Å². The second-order valence-electron chi connectivity index (χ2n) is 8.93. The predicted octanol–water partition coefficient (Wildman–Crippen LogP) is 5.52. The summed E-state index contributed by atoms with van der Waals surface area (Å²) in [5.41, 5.74) is 5.64. The summed E-state index contributed by atoms with van der Waals surface area (Å²) in [5.74, 6) is 1.88. The van der Waals surface area contributed by atoms with E-state index < -0.39 is 0 Å². The van der Waals surface area contributed by atoms with Crippen LogP contribution in [0.25, 0.3) is 16.9 Å². The Balaban J connectivity index is 1.36. The van der Waals surface area contributed by atoms with Crippen molar-refractivity contribution in [2.75, 3.05) is 18.0 Å². The van der Waals surface area contributed by atoms with Crippen LogP contribution in [0.3, 0.4) is 0 Å². The van der Waals surface area contributed by atoms with Gasteiger partial charge in [-0.2, -0.15) is 0 Å². The van der Waals surface area contributed by atoms with Crippen molar-refractivity contribution in [2.24, 2.45) is 0 Å². The molecule has 164 valence electrons. The van der Waals surface area contributed by atoms with Gasteiger partial charge in [-0.25, -0.2) is 4.98 Å². The Morgan fingerprint density at radius 3 is 2.56 bits per heavy atom. The van der Waals surface area contributed by atoms with Crippen LogP contribution in [-0.4, -0.2) is 37.2 Å². The quantitative estimate of drug-likeness (QED) is 0.367. The molecule has 2 fully saturated rings. The van der Waals surface area contributed by atoms with E-state index in [1.165, 1.54) is 43.4 Å². The molecule has 0 spiro atoms. The highest BCUT2D eigenvalue weighted by Crippen LogP contribution is 2.42. The van der Waals surface area contributed by atoms with E-state index in [0.717, 1.165) is 46.9 Å². The summed E-state index contributed by atoms with van der Waals surface area (Å²) in [4.78, 5) is 7.42. The second kappa shape index (κ2) is 8.28. The number of aryl methyl sites for hydroxylation is 1. The first-order chi connectivity index (χ1) is 15.8. The molecule has 1 saturated heterocycles. The summed E-state index contributed by atoms with van der Waals surface area (Å²) in [6.45, 7) is 4.33. The molecular formula is C25H28N6S. The molecule has 6 rings (SSSR count). The first-order valence-electron chi connectivity index (χ1n) is 11.6. The van der Waals surface area contributed by atoms with Crippen molar-refractivity contribution >= 4 is 23.4 Å². The molecule has 0 unspecified atom stereocenters. The fraction of sp³-hybridized carbons (Fsp3) is 0.400. The first-order valence-corrected chi connectivity index (χ1v) is 12.6.